The SMILES string of the molecule is [Br-].[CH2-]c1ccc(OC)cc1.[Mg+2]. The minimum atomic E-state index is 0. The molecule has 0 aliphatic carbocycles. The molecule has 1 aromatic carbocycles. The summed E-state index contributed by atoms with van der Waals surface area (Å²) >= 11 is 0. The summed E-state index contributed by atoms with van der Waals surface area (Å²) in [5.41, 5.74) is 1.01. The largest absolute Gasteiger partial charge is 2.00 e. The van der Waals surface area contributed by atoms with Gasteiger partial charge in [-0.1, -0.05) is 12.1 Å². The predicted molar refractivity (Wildman–Crippen MR) is 43.2 cm³/mol. The van der Waals surface area contributed by atoms with Crippen molar-refractivity contribution in [2.75, 3.05) is 7.11 Å². The molecule has 0 radical (unpaired) electrons. The zero-order valence-electron chi connectivity index (χ0n) is 6.51. The number of ether oxygens (including phenoxy) is 1. The van der Waals surface area contributed by atoms with E-state index in [0.29, 0.717) is 0 Å². The van der Waals surface area contributed by atoms with Crippen LogP contribution in [0.3, 0.4) is 0 Å². The molecule has 1 aromatic rings. The summed E-state index contributed by atoms with van der Waals surface area (Å²) in [5.74, 6) is 0.877. The van der Waals surface area contributed by atoms with Gasteiger partial charge in [0.25, 0.3) is 0 Å². The van der Waals surface area contributed by atoms with E-state index in [4.69, 9.17) is 4.74 Å². The van der Waals surface area contributed by atoms with Crippen LogP contribution in [0.25, 0.3) is 0 Å². The van der Waals surface area contributed by atoms with Crippen LogP contribution in [-0.2, 0) is 0 Å². The monoisotopic (exact) mass is 224 g/mol. The maximum Gasteiger partial charge on any atom is 2.00 e. The summed E-state index contributed by atoms with van der Waals surface area (Å²) in [6, 6.07) is 7.61. The molecule has 3 heteroatoms. The van der Waals surface area contributed by atoms with Crippen molar-refractivity contribution in [2.45, 2.75) is 0 Å². The first-order valence-corrected chi connectivity index (χ1v) is 2.79. The van der Waals surface area contributed by atoms with Gasteiger partial charge in [0.05, 0.1) is 12.9 Å². The first-order valence-electron chi connectivity index (χ1n) is 2.79. The fourth-order valence-electron chi connectivity index (χ4n) is 0.626. The zero-order chi connectivity index (χ0) is 6.69. The molecular weight excluding hydrogens is 216 g/mol. The van der Waals surface area contributed by atoms with E-state index in [1.165, 1.54) is 0 Å². The number of methoxy groups -OCH3 is 1. The van der Waals surface area contributed by atoms with Crippen molar-refractivity contribution < 1.29 is 21.7 Å². The Kier molecular flexibility index (Phi) is 8.50. The average Bonchev–Trinajstić information content (AvgIpc) is 1.90. The molecule has 0 N–H and O–H groups in total. The number of hydrogen-bond acceptors (Lipinski definition) is 1. The van der Waals surface area contributed by atoms with E-state index in [1.54, 1.807) is 7.11 Å². The van der Waals surface area contributed by atoms with Gasteiger partial charge in [0, 0.05) is 0 Å². The number of halogens is 1. The summed E-state index contributed by atoms with van der Waals surface area (Å²) < 4.78 is 4.94. The molecule has 0 aliphatic heterocycles. The van der Waals surface area contributed by atoms with Crippen LogP contribution in [0.4, 0.5) is 0 Å². The Hall–Kier alpha value is 0.136. The van der Waals surface area contributed by atoms with Crippen LogP contribution >= 0.6 is 0 Å². The molecule has 1 rings (SSSR count). The van der Waals surface area contributed by atoms with Gasteiger partial charge in [-0.2, -0.15) is 24.6 Å². The minimum absolute atomic E-state index is 0. The molecule has 0 atom stereocenters. The molecule has 0 bridgehead atoms. The third-order valence-electron chi connectivity index (χ3n) is 1.16. The molecular formula is C8H9BrMgO. The van der Waals surface area contributed by atoms with Crippen LogP contribution in [0.15, 0.2) is 24.3 Å². The van der Waals surface area contributed by atoms with E-state index in [0.717, 1.165) is 11.3 Å². The van der Waals surface area contributed by atoms with Crippen molar-refractivity contribution in [3.63, 3.8) is 0 Å². The summed E-state index contributed by atoms with van der Waals surface area (Å²) in [7, 11) is 1.65. The van der Waals surface area contributed by atoms with Crippen molar-refractivity contribution in [2.24, 2.45) is 0 Å². The molecule has 0 amide bonds. The smallest absolute Gasteiger partial charge is 1.00 e. The van der Waals surface area contributed by atoms with Crippen LogP contribution in [0, 0.1) is 6.92 Å². The molecule has 0 saturated heterocycles. The third-order valence-corrected chi connectivity index (χ3v) is 1.16. The summed E-state index contributed by atoms with van der Waals surface area (Å²) in [6.07, 6.45) is 0. The number of hydrogen-bond donors (Lipinski definition) is 0. The Morgan fingerprint density at radius 2 is 1.64 bits per heavy atom. The maximum absolute atomic E-state index is 4.94. The van der Waals surface area contributed by atoms with Crippen molar-refractivity contribution in [3.8, 4) is 5.75 Å². The molecule has 11 heavy (non-hydrogen) atoms. The maximum atomic E-state index is 4.94. The molecule has 0 fully saturated rings. The second-order valence-corrected chi connectivity index (χ2v) is 1.85. The van der Waals surface area contributed by atoms with E-state index in [-0.39, 0.29) is 40.0 Å². The normalized spacial score (nSPS) is 7.36. The van der Waals surface area contributed by atoms with Gasteiger partial charge in [0.1, 0.15) is 0 Å². The first-order chi connectivity index (χ1) is 4.33. The Labute approximate surface area is 94.1 Å². The standard InChI is InChI=1S/C8H9O.BrH.Mg/c1-7-3-5-8(9-2)6-4-7;;/h3-6H,1H2,2H3;1H;/q-1;;+2/p-1. The van der Waals surface area contributed by atoms with Gasteiger partial charge in [-0.3, -0.25) is 0 Å². The van der Waals surface area contributed by atoms with Gasteiger partial charge < -0.3 is 21.7 Å². The van der Waals surface area contributed by atoms with E-state index < -0.39 is 0 Å². The molecule has 56 valence electrons. The van der Waals surface area contributed by atoms with Crippen molar-refractivity contribution in [1.82, 2.24) is 0 Å². The summed E-state index contributed by atoms with van der Waals surface area (Å²) in [5, 5.41) is 0. The fraction of sp³-hybridized carbons (Fsp3) is 0.125. The third kappa shape index (κ3) is 4.56. The van der Waals surface area contributed by atoms with Gasteiger partial charge in [-0.05, 0) is 0 Å². The second-order valence-electron chi connectivity index (χ2n) is 1.85. The van der Waals surface area contributed by atoms with Crippen LogP contribution in [-0.4, -0.2) is 30.2 Å². The van der Waals surface area contributed by atoms with Gasteiger partial charge in [-0.25, -0.2) is 0 Å². The predicted octanol–water partition coefficient (Wildman–Crippen LogP) is -1.50. The fourth-order valence-corrected chi connectivity index (χ4v) is 0.626. The average molecular weight is 225 g/mol. The second kappa shape index (κ2) is 6.82. The van der Waals surface area contributed by atoms with E-state index >= 15 is 0 Å². The van der Waals surface area contributed by atoms with E-state index in [1.807, 2.05) is 24.3 Å². The van der Waals surface area contributed by atoms with Gasteiger partial charge in [0.2, 0.25) is 0 Å². The Morgan fingerprint density at radius 3 is 2.00 bits per heavy atom. The van der Waals surface area contributed by atoms with Gasteiger partial charge in [-0.15, -0.1) is 0 Å². The van der Waals surface area contributed by atoms with Crippen LogP contribution in [0.1, 0.15) is 5.56 Å². The van der Waals surface area contributed by atoms with Crippen molar-refractivity contribution in [3.05, 3.63) is 36.8 Å². The molecule has 1 nitrogen and oxygen atoms in total. The topological polar surface area (TPSA) is 9.23 Å². The number of benzene rings is 1. The van der Waals surface area contributed by atoms with Crippen LogP contribution in [0.5, 0.6) is 5.75 Å². The molecule has 0 unspecified atom stereocenters. The Balaban J connectivity index is 0. The zero-order valence-corrected chi connectivity index (χ0v) is 9.51. The van der Waals surface area contributed by atoms with Crippen LogP contribution in [0.2, 0.25) is 0 Å². The molecule has 0 aliphatic rings. The van der Waals surface area contributed by atoms with Crippen molar-refractivity contribution >= 4 is 23.1 Å². The van der Waals surface area contributed by atoms with Gasteiger partial charge in [0.15, 0.2) is 0 Å². The molecule has 0 spiro atoms. The molecule has 0 heterocycles. The summed E-state index contributed by atoms with van der Waals surface area (Å²) in [4.78, 5) is 0. The van der Waals surface area contributed by atoms with E-state index in [2.05, 4.69) is 6.92 Å². The molecule has 0 saturated carbocycles. The van der Waals surface area contributed by atoms with Crippen molar-refractivity contribution in [1.29, 1.82) is 0 Å². The van der Waals surface area contributed by atoms with E-state index in [9.17, 15) is 0 Å². The first kappa shape index (κ1) is 13.7. The quantitative estimate of drug-likeness (QED) is 0.418. The molecule has 0 aromatic heterocycles. The Morgan fingerprint density at radius 1 is 1.18 bits per heavy atom. The minimum Gasteiger partial charge on any atom is -1.00 e. The van der Waals surface area contributed by atoms with Gasteiger partial charge >= 0.3 is 23.1 Å². The van der Waals surface area contributed by atoms with Crippen LogP contribution < -0.4 is 21.7 Å². The number of rotatable bonds is 1. The summed E-state index contributed by atoms with van der Waals surface area (Å²) in [6.45, 7) is 3.74. The Bertz CT molecular complexity index is 186.